The molecule has 2 heteroatoms. The van der Waals surface area contributed by atoms with Gasteiger partial charge < -0.3 is 5.32 Å². The van der Waals surface area contributed by atoms with E-state index < -0.39 is 0 Å². The molecule has 2 aromatic carbocycles. The molecule has 0 aromatic heterocycles. The Morgan fingerprint density at radius 1 is 0.824 bits per heavy atom. The van der Waals surface area contributed by atoms with Gasteiger partial charge in [-0.05, 0) is 23.2 Å². The molecule has 0 atom stereocenters. The molecule has 0 aliphatic heterocycles. The minimum absolute atomic E-state index is 0. The molecule has 0 bridgehead atoms. The number of hydrogen-bond donors (Lipinski definition) is 1. The molecule has 0 fully saturated rings. The normalized spacial score (nSPS) is 9.71. The van der Waals surface area contributed by atoms with Crippen LogP contribution in [-0.4, -0.2) is 6.54 Å². The maximum absolute atomic E-state index is 3.32. The highest BCUT2D eigenvalue weighted by Gasteiger charge is 1.96. The second kappa shape index (κ2) is 7.10. The van der Waals surface area contributed by atoms with Gasteiger partial charge in [-0.2, -0.15) is 0 Å². The Morgan fingerprint density at radius 2 is 1.41 bits per heavy atom. The fourth-order valence-electron chi connectivity index (χ4n) is 1.71. The molecule has 0 heterocycles. The third-order valence-electron chi connectivity index (χ3n) is 2.64. The van der Waals surface area contributed by atoms with Crippen LogP contribution in [-0.2, 0) is 6.54 Å². The van der Waals surface area contributed by atoms with Gasteiger partial charge in [0.05, 0.1) is 0 Å². The summed E-state index contributed by atoms with van der Waals surface area (Å²) in [6.45, 7) is 4.09. The van der Waals surface area contributed by atoms with Crippen LogP contribution in [0.15, 0.2) is 54.6 Å². The van der Waals surface area contributed by atoms with Crippen LogP contribution in [0.5, 0.6) is 0 Å². The molecule has 1 N–H and O–H groups in total. The van der Waals surface area contributed by atoms with E-state index >= 15 is 0 Å². The second-order valence-corrected chi connectivity index (χ2v) is 3.84. The zero-order chi connectivity index (χ0) is 11.2. The molecule has 0 aliphatic carbocycles. The average Bonchev–Trinajstić information content (AvgIpc) is 2.38. The number of hydrogen-bond acceptors (Lipinski definition) is 1. The molecular weight excluding hydrogens is 230 g/mol. The fraction of sp³-hybridized carbons (Fsp3) is 0.200. The van der Waals surface area contributed by atoms with Crippen molar-refractivity contribution in [2.45, 2.75) is 13.5 Å². The monoisotopic (exact) mass is 247 g/mol. The van der Waals surface area contributed by atoms with Gasteiger partial charge in [0.15, 0.2) is 0 Å². The zero-order valence-corrected chi connectivity index (χ0v) is 10.8. The largest absolute Gasteiger partial charge is 0.313 e. The molecule has 0 saturated heterocycles. The summed E-state index contributed by atoms with van der Waals surface area (Å²) in [7, 11) is 0. The lowest BCUT2D eigenvalue weighted by atomic mass is 10.0. The van der Waals surface area contributed by atoms with Crippen molar-refractivity contribution in [1.29, 1.82) is 0 Å². The van der Waals surface area contributed by atoms with Crippen LogP contribution in [0.1, 0.15) is 12.5 Å². The SMILES string of the molecule is CCNCc1ccc(-c2ccccc2)cc1.Cl. The van der Waals surface area contributed by atoms with Gasteiger partial charge in [-0.3, -0.25) is 0 Å². The van der Waals surface area contributed by atoms with Crippen LogP contribution < -0.4 is 5.32 Å². The maximum atomic E-state index is 3.32. The van der Waals surface area contributed by atoms with Crippen molar-refractivity contribution in [1.82, 2.24) is 5.32 Å². The summed E-state index contributed by atoms with van der Waals surface area (Å²) in [6.07, 6.45) is 0. The lowest BCUT2D eigenvalue weighted by Crippen LogP contribution is -2.11. The standard InChI is InChI=1S/C15H17N.ClH/c1-2-16-12-13-8-10-15(11-9-13)14-6-4-3-5-7-14;/h3-11,16H,2,12H2,1H3;1H. The van der Waals surface area contributed by atoms with E-state index in [-0.39, 0.29) is 12.4 Å². The maximum Gasteiger partial charge on any atom is 0.0205 e. The van der Waals surface area contributed by atoms with Crippen molar-refractivity contribution in [3.8, 4) is 11.1 Å². The van der Waals surface area contributed by atoms with Crippen molar-refractivity contribution >= 4 is 12.4 Å². The van der Waals surface area contributed by atoms with E-state index in [4.69, 9.17) is 0 Å². The van der Waals surface area contributed by atoms with Crippen molar-refractivity contribution < 1.29 is 0 Å². The van der Waals surface area contributed by atoms with E-state index in [0.717, 1.165) is 13.1 Å². The van der Waals surface area contributed by atoms with E-state index in [1.54, 1.807) is 0 Å². The van der Waals surface area contributed by atoms with Gasteiger partial charge in [-0.1, -0.05) is 61.5 Å². The minimum Gasteiger partial charge on any atom is -0.313 e. The van der Waals surface area contributed by atoms with Gasteiger partial charge in [0, 0.05) is 6.54 Å². The third-order valence-corrected chi connectivity index (χ3v) is 2.64. The Morgan fingerprint density at radius 3 is 2.00 bits per heavy atom. The van der Waals surface area contributed by atoms with Crippen LogP contribution in [0.2, 0.25) is 0 Å². The molecule has 1 nitrogen and oxygen atoms in total. The predicted molar refractivity (Wildman–Crippen MR) is 76.5 cm³/mol. The number of benzene rings is 2. The molecule has 0 radical (unpaired) electrons. The Hall–Kier alpha value is -1.31. The summed E-state index contributed by atoms with van der Waals surface area (Å²) >= 11 is 0. The summed E-state index contributed by atoms with van der Waals surface area (Å²) in [5.74, 6) is 0. The van der Waals surface area contributed by atoms with Crippen molar-refractivity contribution in [2.24, 2.45) is 0 Å². The first-order valence-corrected chi connectivity index (χ1v) is 5.75. The van der Waals surface area contributed by atoms with Crippen molar-refractivity contribution in [2.75, 3.05) is 6.54 Å². The first kappa shape index (κ1) is 13.8. The molecule has 17 heavy (non-hydrogen) atoms. The molecule has 0 spiro atoms. The molecule has 90 valence electrons. The first-order chi connectivity index (χ1) is 7.90. The summed E-state index contributed by atoms with van der Waals surface area (Å²) < 4.78 is 0. The Balaban J connectivity index is 0.00000144. The van der Waals surface area contributed by atoms with Gasteiger partial charge in [-0.15, -0.1) is 12.4 Å². The lowest BCUT2D eigenvalue weighted by molar-refractivity contribution is 0.727. The van der Waals surface area contributed by atoms with E-state index in [0.29, 0.717) is 0 Å². The highest BCUT2D eigenvalue weighted by molar-refractivity contribution is 5.85. The topological polar surface area (TPSA) is 12.0 Å². The van der Waals surface area contributed by atoms with Crippen LogP contribution in [0.3, 0.4) is 0 Å². The van der Waals surface area contributed by atoms with Gasteiger partial charge in [-0.25, -0.2) is 0 Å². The van der Waals surface area contributed by atoms with Crippen LogP contribution in [0.4, 0.5) is 0 Å². The van der Waals surface area contributed by atoms with Crippen molar-refractivity contribution in [3.63, 3.8) is 0 Å². The summed E-state index contributed by atoms with van der Waals surface area (Å²) in [5, 5.41) is 3.32. The van der Waals surface area contributed by atoms with Gasteiger partial charge in [0.2, 0.25) is 0 Å². The van der Waals surface area contributed by atoms with Crippen LogP contribution in [0.25, 0.3) is 11.1 Å². The van der Waals surface area contributed by atoms with Gasteiger partial charge >= 0.3 is 0 Å². The van der Waals surface area contributed by atoms with Crippen molar-refractivity contribution in [3.05, 3.63) is 60.2 Å². The second-order valence-electron chi connectivity index (χ2n) is 3.84. The highest BCUT2D eigenvalue weighted by atomic mass is 35.5. The molecule has 0 unspecified atom stereocenters. The molecule has 2 aromatic rings. The Labute approximate surface area is 109 Å². The fourth-order valence-corrected chi connectivity index (χ4v) is 1.71. The smallest absolute Gasteiger partial charge is 0.0205 e. The average molecular weight is 248 g/mol. The molecule has 0 amide bonds. The third kappa shape index (κ3) is 3.88. The Kier molecular flexibility index (Phi) is 5.75. The molecule has 0 saturated carbocycles. The van der Waals surface area contributed by atoms with Gasteiger partial charge in [0.25, 0.3) is 0 Å². The molecule has 0 aliphatic rings. The first-order valence-electron chi connectivity index (χ1n) is 5.75. The Bertz CT molecular complexity index is 422. The number of halogens is 1. The minimum atomic E-state index is 0. The van der Waals surface area contributed by atoms with E-state index in [9.17, 15) is 0 Å². The van der Waals surface area contributed by atoms with Gasteiger partial charge in [0.1, 0.15) is 0 Å². The van der Waals surface area contributed by atoms with E-state index in [1.807, 2.05) is 6.07 Å². The summed E-state index contributed by atoms with van der Waals surface area (Å²) in [5.41, 5.74) is 3.89. The van der Waals surface area contributed by atoms with Crippen LogP contribution >= 0.6 is 12.4 Å². The predicted octanol–water partition coefficient (Wildman–Crippen LogP) is 3.88. The number of nitrogens with one attached hydrogen (secondary N) is 1. The zero-order valence-electron chi connectivity index (χ0n) is 10.0. The van der Waals surface area contributed by atoms with E-state index in [1.165, 1.54) is 16.7 Å². The summed E-state index contributed by atoms with van der Waals surface area (Å²) in [4.78, 5) is 0. The summed E-state index contributed by atoms with van der Waals surface area (Å²) in [6, 6.07) is 19.2. The van der Waals surface area contributed by atoms with E-state index in [2.05, 4.69) is 60.8 Å². The number of rotatable bonds is 4. The quantitative estimate of drug-likeness (QED) is 0.865. The molecule has 2 rings (SSSR count). The lowest BCUT2D eigenvalue weighted by Gasteiger charge is -2.04. The molecular formula is C15H18ClN. The highest BCUT2D eigenvalue weighted by Crippen LogP contribution is 2.18. The van der Waals surface area contributed by atoms with Crippen LogP contribution in [0, 0.1) is 0 Å².